The van der Waals surface area contributed by atoms with Gasteiger partial charge >= 0.3 is 6.03 Å². The number of hydrogen-bond acceptors (Lipinski definition) is 4. The lowest BCUT2D eigenvalue weighted by Gasteiger charge is -2.34. The maximum Gasteiger partial charge on any atom is 0.321 e. The number of rotatable bonds is 6. The number of carbonyl (C=O) groups excluding carboxylic acids is 2. The van der Waals surface area contributed by atoms with E-state index in [1.807, 2.05) is 24.3 Å². The van der Waals surface area contributed by atoms with Crippen molar-refractivity contribution in [3.05, 3.63) is 47.5 Å². The van der Waals surface area contributed by atoms with Crippen LogP contribution in [0.1, 0.15) is 5.56 Å². The molecule has 1 aromatic rings. The molecule has 2 rings (SSSR count). The van der Waals surface area contributed by atoms with Crippen molar-refractivity contribution in [2.24, 2.45) is 0 Å². The average molecular weight is 351 g/mol. The van der Waals surface area contributed by atoms with Crippen molar-refractivity contribution in [2.45, 2.75) is 6.54 Å². The van der Waals surface area contributed by atoms with Crippen molar-refractivity contribution < 1.29 is 9.59 Å². The topological polar surface area (TPSA) is 64.7 Å². The van der Waals surface area contributed by atoms with Gasteiger partial charge in [0.05, 0.1) is 6.54 Å². The molecule has 2 N–H and O–H groups in total. The Hall–Kier alpha value is -1.89. The number of piperazine rings is 1. The molecule has 0 radical (unpaired) electrons. The van der Waals surface area contributed by atoms with Crippen LogP contribution in [0, 0.1) is 0 Å². The molecule has 0 atom stereocenters. The van der Waals surface area contributed by atoms with Gasteiger partial charge < -0.3 is 5.32 Å². The van der Waals surface area contributed by atoms with Crippen LogP contribution in [-0.2, 0) is 11.3 Å². The second kappa shape index (κ2) is 9.42. The molecule has 0 saturated carbocycles. The monoisotopic (exact) mass is 350 g/mol. The summed E-state index contributed by atoms with van der Waals surface area (Å²) in [7, 11) is 0. The summed E-state index contributed by atoms with van der Waals surface area (Å²) in [5.74, 6) is -0.289. The molecule has 1 aliphatic rings. The first-order chi connectivity index (χ1) is 11.6. The molecule has 0 bridgehead atoms. The van der Waals surface area contributed by atoms with Crippen LogP contribution in [0.5, 0.6) is 0 Å². The Morgan fingerprint density at radius 1 is 1.12 bits per heavy atom. The minimum atomic E-state index is -0.485. The minimum Gasteiger partial charge on any atom is -0.334 e. The fourth-order valence-electron chi connectivity index (χ4n) is 2.53. The molecule has 130 valence electrons. The Balaban J connectivity index is 1.68. The first-order valence-corrected chi connectivity index (χ1v) is 8.32. The van der Waals surface area contributed by atoms with Gasteiger partial charge in [-0.2, -0.15) is 0 Å². The fraction of sp³-hybridized carbons (Fsp3) is 0.412. The molecule has 0 aromatic heterocycles. The van der Waals surface area contributed by atoms with Crippen LogP contribution in [-0.4, -0.2) is 61.0 Å². The molecular weight excluding hydrogens is 328 g/mol. The Bertz CT molecular complexity index is 568. The molecule has 24 heavy (non-hydrogen) atoms. The van der Waals surface area contributed by atoms with Crippen LogP contribution in [0.2, 0.25) is 5.02 Å². The van der Waals surface area contributed by atoms with E-state index in [1.165, 1.54) is 5.56 Å². The summed E-state index contributed by atoms with van der Waals surface area (Å²) in [4.78, 5) is 27.6. The van der Waals surface area contributed by atoms with Crippen LogP contribution in [0.15, 0.2) is 36.9 Å². The maximum atomic E-state index is 11.8. The van der Waals surface area contributed by atoms with Gasteiger partial charge in [0.2, 0.25) is 5.91 Å². The summed E-state index contributed by atoms with van der Waals surface area (Å²) >= 11 is 5.89. The van der Waals surface area contributed by atoms with Gasteiger partial charge in [-0.3, -0.25) is 19.9 Å². The van der Waals surface area contributed by atoms with Crippen LogP contribution >= 0.6 is 11.6 Å². The third-order valence-electron chi connectivity index (χ3n) is 3.81. The van der Waals surface area contributed by atoms with E-state index in [0.717, 1.165) is 37.7 Å². The number of nitrogens with one attached hydrogen (secondary N) is 2. The van der Waals surface area contributed by atoms with Gasteiger partial charge in [0, 0.05) is 44.3 Å². The van der Waals surface area contributed by atoms with Crippen LogP contribution in [0.25, 0.3) is 0 Å². The summed E-state index contributed by atoms with van der Waals surface area (Å²) in [5.41, 5.74) is 1.23. The second-order valence-electron chi connectivity index (χ2n) is 5.73. The Morgan fingerprint density at radius 2 is 1.75 bits per heavy atom. The van der Waals surface area contributed by atoms with Crippen molar-refractivity contribution in [1.29, 1.82) is 0 Å². The number of benzene rings is 1. The minimum absolute atomic E-state index is 0.232. The maximum absolute atomic E-state index is 11.8. The van der Waals surface area contributed by atoms with E-state index < -0.39 is 6.03 Å². The standard InChI is InChI=1S/C17H23ClN4O2/c1-2-7-19-17(24)20-16(23)13-22-10-8-21(9-11-22)12-14-3-5-15(18)6-4-14/h2-6H,1,7-13H2,(H2,19,20,23,24). The molecule has 1 aromatic carbocycles. The Morgan fingerprint density at radius 3 is 2.38 bits per heavy atom. The van der Waals surface area contributed by atoms with Crippen LogP contribution in [0.4, 0.5) is 4.79 Å². The molecule has 7 heteroatoms. The highest BCUT2D eigenvalue weighted by Gasteiger charge is 2.19. The third kappa shape index (κ3) is 6.31. The van der Waals surface area contributed by atoms with E-state index in [0.29, 0.717) is 6.54 Å². The van der Waals surface area contributed by atoms with Gasteiger partial charge in [-0.25, -0.2) is 4.79 Å². The lowest BCUT2D eigenvalue weighted by molar-refractivity contribution is -0.121. The van der Waals surface area contributed by atoms with Crippen molar-refractivity contribution in [3.8, 4) is 0 Å². The largest absolute Gasteiger partial charge is 0.334 e. The van der Waals surface area contributed by atoms with E-state index in [9.17, 15) is 9.59 Å². The van der Waals surface area contributed by atoms with E-state index in [2.05, 4.69) is 27.0 Å². The van der Waals surface area contributed by atoms with Crippen LogP contribution < -0.4 is 10.6 Å². The molecule has 0 aliphatic carbocycles. The molecule has 6 nitrogen and oxygen atoms in total. The molecule has 3 amide bonds. The summed E-state index contributed by atoms with van der Waals surface area (Å²) in [6.07, 6.45) is 1.56. The van der Waals surface area contributed by atoms with Gasteiger partial charge in [-0.05, 0) is 17.7 Å². The van der Waals surface area contributed by atoms with E-state index >= 15 is 0 Å². The fourth-order valence-corrected chi connectivity index (χ4v) is 2.66. The van der Waals surface area contributed by atoms with Gasteiger partial charge in [-0.15, -0.1) is 6.58 Å². The van der Waals surface area contributed by atoms with Gasteiger partial charge in [-0.1, -0.05) is 29.8 Å². The second-order valence-corrected chi connectivity index (χ2v) is 6.16. The van der Waals surface area contributed by atoms with Crippen molar-refractivity contribution in [2.75, 3.05) is 39.3 Å². The highest BCUT2D eigenvalue weighted by molar-refractivity contribution is 6.30. The predicted octanol–water partition coefficient (Wildman–Crippen LogP) is 1.47. The molecule has 1 aliphatic heterocycles. The SMILES string of the molecule is C=CCNC(=O)NC(=O)CN1CCN(Cc2ccc(Cl)cc2)CC1. The first-order valence-electron chi connectivity index (χ1n) is 7.94. The number of urea groups is 1. The van der Waals surface area contributed by atoms with Gasteiger partial charge in [0.25, 0.3) is 0 Å². The molecule has 1 heterocycles. The van der Waals surface area contributed by atoms with E-state index in [1.54, 1.807) is 6.08 Å². The van der Waals surface area contributed by atoms with E-state index in [4.69, 9.17) is 11.6 Å². The zero-order chi connectivity index (χ0) is 17.4. The quantitative estimate of drug-likeness (QED) is 0.763. The lowest BCUT2D eigenvalue weighted by atomic mass is 10.2. The number of carbonyl (C=O) groups is 2. The van der Waals surface area contributed by atoms with Crippen molar-refractivity contribution in [3.63, 3.8) is 0 Å². The zero-order valence-electron chi connectivity index (χ0n) is 13.6. The predicted molar refractivity (Wildman–Crippen MR) is 94.9 cm³/mol. The molecular formula is C17H23ClN4O2. The van der Waals surface area contributed by atoms with Crippen LogP contribution in [0.3, 0.4) is 0 Å². The van der Waals surface area contributed by atoms with Gasteiger partial charge in [0.1, 0.15) is 0 Å². The van der Waals surface area contributed by atoms with Gasteiger partial charge in [0.15, 0.2) is 0 Å². The highest BCUT2D eigenvalue weighted by Crippen LogP contribution is 2.12. The number of hydrogen-bond donors (Lipinski definition) is 2. The van der Waals surface area contributed by atoms with Crippen molar-refractivity contribution >= 4 is 23.5 Å². The number of amides is 3. The summed E-state index contributed by atoms with van der Waals surface area (Å²) in [5, 5.41) is 5.57. The first kappa shape index (κ1) is 18.4. The average Bonchev–Trinajstić information content (AvgIpc) is 2.57. The molecule has 0 spiro atoms. The summed E-state index contributed by atoms with van der Waals surface area (Å²) < 4.78 is 0. The number of halogens is 1. The highest BCUT2D eigenvalue weighted by atomic mass is 35.5. The smallest absolute Gasteiger partial charge is 0.321 e. The summed E-state index contributed by atoms with van der Waals surface area (Å²) in [6.45, 7) is 8.32. The van der Waals surface area contributed by atoms with E-state index in [-0.39, 0.29) is 12.5 Å². The zero-order valence-corrected chi connectivity index (χ0v) is 14.4. The molecule has 1 saturated heterocycles. The normalized spacial score (nSPS) is 15.7. The van der Waals surface area contributed by atoms with Crippen molar-refractivity contribution in [1.82, 2.24) is 20.4 Å². The number of imide groups is 1. The number of nitrogens with zero attached hydrogens (tertiary/aromatic N) is 2. The molecule has 1 fully saturated rings. The Kier molecular flexibility index (Phi) is 7.24. The summed E-state index contributed by atoms with van der Waals surface area (Å²) in [6, 6.07) is 7.37. The lowest BCUT2D eigenvalue weighted by Crippen LogP contribution is -2.50. The third-order valence-corrected chi connectivity index (χ3v) is 4.06. The molecule has 0 unspecified atom stereocenters. The Labute approximate surface area is 147 Å².